The first-order valence-electron chi connectivity index (χ1n) is 11.2. The maximum atomic E-state index is 13.5. The molecule has 170 valence electrons. The smallest absolute Gasteiger partial charge is 0.246 e. The summed E-state index contributed by atoms with van der Waals surface area (Å²) in [4.78, 5) is 15.7. The number of amides is 1. The van der Waals surface area contributed by atoms with Crippen molar-refractivity contribution < 1.29 is 14.3 Å². The van der Waals surface area contributed by atoms with Gasteiger partial charge in [-0.1, -0.05) is 30.4 Å². The average molecular weight is 445 g/mol. The summed E-state index contributed by atoms with van der Waals surface area (Å²) >= 11 is 0. The molecule has 0 bridgehead atoms. The molecule has 1 atom stereocenters. The lowest BCUT2D eigenvalue weighted by molar-refractivity contribution is -0.123. The zero-order chi connectivity index (χ0) is 23.4. The summed E-state index contributed by atoms with van der Waals surface area (Å²) < 4.78 is 13.5. The summed E-state index contributed by atoms with van der Waals surface area (Å²) in [5, 5.41) is 9.98. The van der Waals surface area contributed by atoms with Gasteiger partial charge in [0.1, 0.15) is 11.6 Å². The van der Waals surface area contributed by atoms with E-state index in [-0.39, 0.29) is 23.5 Å². The van der Waals surface area contributed by atoms with E-state index in [1.165, 1.54) is 23.3 Å². The van der Waals surface area contributed by atoms with Crippen molar-refractivity contribution in [2.75, 3.05) is 25.5 Å². The van der Waals surface area contributed by atoms with Crippen molar-refractivity contribution in [1.82, 2.24) is 4.90 Å². The molecular formula is C28H29FN2O2. The quantitative estimate of drug-likeness (QED) is 0.621. The Kier molecular flexibility index (Phi) is 6.78. The van der Waals surface area contributed by atoms with Gasteiger partial charge in [-0.25, -0.2) is 4.39 Å². The molecule has 2 aliphatic rings. The van der Waals surface area contributed by atoms with Gasteiger partial charge in [0.15, 0.2) is 0 Å². The summed E-state index contributed by atoms with van der Waals surface area (Å²) in [5.41, 5.74) is 5.53. The standard InChI is InChI=1S/C28H29FN2O2/c1-30(2)28(33)15-8-20-4-3-5-21(7-6-20)18-27-26-14-13-25(32)19-22(26)16-17-31(27)24-11-9-23(29)10-12-24/h4-15,19,27,32H,3,16-18H2,1-2H3/b15-8+. The fourth-order valence-electron chi connectivity index (χ4n) is 4.36. The van der Waals surface area contributed by atoms with Gasteiger partial charge >= 0.3 is 0 Å². The van der Waals surface area contributed by atoms with Gasteiger partial charge < -0.3 is 14.9 Å². The maximum absolute atomic E-state index is 13.5. The summed E-state index contributed by atoms with van der Waals surface area (Å²) in [6.07, 6.45) is 14.3. The topological polar surface area (TPSA) is 43.8 Å². The predicted octanol–water partition coefficient (Wildman–Crippen LogP) is 5.48. The van der Waals surface area contributed by atoms with Gasteiger partial charge in [-0.05, 0) is 84.0 Å². The Bertz CT molecular complexity index is 1140. The molecule has 1 amide bonds. The number of halogens is 1. The molecule has 4 rings (SSSR count). The van der Waals surface area contributed by atoms with Gasteiger partial charge in [0.2, 0.25) is 5.91 Å². The van der Waals surface area contributed by atoms with E-state index >= 15 is 0 Å². The third-order valence-corrected chi connectivity index (χ3v) is 6.15. The molecule has 0 saturated heterocycles. The number of anilines is 1. The number of nitrogens with zero attached hydrogens (tertiary/aromatic N) is 2. The van der Waals surface area contributed by atoms with E-state index in [0.717, 1.165) is 42.6 Å². The van der Waals surface area contributed by atoms with Crippen molar-refractivity contribution >= 4 is 11.6 Å². The number of carbonyl (C=O) groups is 1. The van der Waals surface area contributed by atoms with Crippen molar-refractivity contribution in [2.45, 2.75) is 25.3 Å². The van der Waals surface area contributed by atoms with Crippen LogP contribution in [0, 0.1) is 5.82 Å². The molecule has 2 aromatic carbocycles. The van der Waals surface area contributed by atoms with Gasteiger partial charge in [0.25, 0.3) is 0 Å². The Labute approximate surface area is 194 Å². The highest BCUT2D eigenvalue weighted by Crippen LogP contribution is 2.39. The van der Waals surface area contributed by atoms with Crippen molar-refractivity contribution in [1.29, 1.82) is 0 Å². The summed E-state index contributed by atoms with van der Waals surface area (Å²) in [7, 11) is 3.47. The Morgan fingerprint density at radius 3 is 2.70 bits per heavy atom. The van der Waals surface area contributed by atoms with Crippen LogP contribution >= 0.6 is 0 Å². The van der Waals surface area contributed by atoms with Crippen LogP contribution in [-0.4, -0.2) is 36.6 Å². The van der Waals surface area contributed by atoms with Crippen molar-refractivity contribution in [3.63, 3.8) is 0 Å². The van der Waals surface area contributed by atoms with Crippen LogP contribution in [0.2, 0.25) is 0 Å². The predicted molar refractivity (Wildman–Crippen MR) is 131 cm³/mol. The van der Waals surface area contributed by atoms with Crippen LogP contribution in [0.5, 0.6) is 5.75 Å². The highest BCUT2D eigenvalue weighted by atomic mass is 19.1. The van der Waals surface area contributed by atoms with Crippen LogP contribution in [0.3, 0.4) is 0 Å². The largest absolute Gasteiger partial charge is 0.508 e. The second-order valence-electron chi connectivity index (χ2n) is 8.64. The number of phenolic OH excluding ortho intramolecular Hbond substituents is 1. The Hall–Kier alpha value is -3.60. The number of likely N-dealkylation sites (N-methyl/N-ethyl adjacent to an activating group) is 1. The van der Waals surface area contributed by atoms with Gasteiger partial charge in [-0.2, -0.15) is 0 Å². The van der Waals surface area contributed by atoms with Crippen LogP contribution in [-0.2, 0) is 11.2 Å². The number of carbonyl (C=O) groups excluding carboxylic acids is 1. The van der Waals surface area contributed by atoms with Gasteiger partial charge in [-0.15, -0.1) is 0 Å². The fourth-order valence-corrected chi connectivity index (χ4v) is 4.36. The van der Waals surface area contributed by atoms with Crippen molar-refractivity contribution in [2.24, 2.45) is 0 Å². The van der Waals surface area contributed by atoms with E-state index in [1.54, 1.807) is 31.1 Å². The van der Waals surface area contributed by atoms with E-state index in [4.69, 9.17) is 0 Å². The zero-order valence-corrected chi connectivity index (χ0v) is 19.0. The first kappa shape index (κ1) is 22.6. The molecule has 4 nitrogen and oxygen atoms in total. The minimum atomic E-state index is -0.244. The molecule has 0 spiro atoms. The number of rotatable bonds is 5. The van der Waals surface area contributed by atoms with Crippen molar-refractivity contribution in [3.05, 3.63) is 107 Å². The van der Waals surface area contributed by atoms with Crippen LogP contribution in [0.1, 0.15) is 30.0 Å². The maximum Gasteiger partial charge on any atom is 0.246 e. The number of phenols is 1. The molecule has 1 heterocycles. The monoisotopic (exact) mass is 444 g/mol. The van der Waals surface area contributed by atoms with E-state index < -0.39 is 0 Å². The fraction of sp³-hybridized carbons (Fsp3) is 0.250. The van der Waals surface area contributed by atoms with Gasteiger partial charge in [0, 0.05) is 32.4 Å². The molecule has 0 fully saturated rings. The third kappa shape index (κ3) is 5.43. The van der Waals surface area contributed by atoms with Crippen molar-refractivity contribution in [3.8, 4) is 5.75 Å². The molecule has 2 aromatic rings. The second-order valence-corrected chi connectivity index (χ2v) is 8.64. The van der Waals surface area contributed by atoms with E-state index in [0.29, 0.717) is 0 Å². The molecule has 0 aromatic heterocycles. The number of hydrogen-bond acceptors (Lipinski definition) is 3. The lowest BCUT2D eigenvalue weighted by Gasteiger charge is -2.39. The lowest BCUT2D eigenvalue weighted by atomic mass is 9.87. The third-order valence-electron chi connectivity index (χ3n) is 6.15. The number of hydrogen-bond donors (Lipinski definition) is 1. The molecule has 33 heavy (non-hydrogen) atoms. The molecule has 5 heteroatoms. The molecule has 1 aliphatic carbocycles. The minimum Gasteiger partial charge on any atom is -0.508 e. The van der Waals surface area contributed by atoms with Crippen LogP contribution < -0.4 is 4.90 Å². The molecule has 0 radical (unpaired) electrons. The van der Waals surface area contributed by atoms with E-state index in [2.05, 4.69) is 23.1 Å². The normalized spacial score (nSPS) is 17.9. The zero-order valence-electron chi connectivity index (χ0n) is 19.0. The average Bonchev–Trinajstić information content (AvgIpc) is 3.03. The minimum absolute atomic E-state index is 0.0428. The van der Waals surface area contributed by atoms with E-state index in [1.807, 2.05) is 36.4 Å². The number of allylic oxidation sites excluding steroid dienone is 6. The molecule has 1 aliphatic heterocycles. The number of aromatic hydroxyl groups is 1. The Balaban J connectivity index is 1.58. The SMILES string of the molecule is CN(C)C(=O)/C=C/C1=CCC=C(CC2c3ccc(O)cc3CCN2c2ccc(F)cc2)C=C1. The number of fused-ring (bicyclic) bond motifs is 1. The molecular weight excluding hydrogens is 415 g/mol. The van der Waals surface area contributed by atoms with Crippen LogP contribution in [0.15, 0.2) is 90.1 Å². The van der Waals surface area contributed by atoms with Gasteiger partial charge in [0.05, 0.1) is 6.04 Å². The van der Waals surface area contributed by atoms with Gasteiger partial charge in [-0.3, -0.25) is 4.79 Å². The highest BCUT2D eigenvalue weighted by Gasteiger charge is 2.28. The summed E-state index contributed by atoms with van der Waals surface area (Å²) in [5.74, 6) is -0.00519. The lowest BCUT2D eigenvalue weighted by Crippen LogP contribution is -2.35. The summed E-state index contributed by atoms with van der Waals surface area (Å²) in [6, 6.07) is 12.3. The van der Waals surface area contributed by atoms with Crippen LogP contribution in [0.4, 0.5) is 10.1 Å². The number of benzene rings is 2. The van der Waals surface area contributed by atoms with Crippen LogP contribution in [0.25, 0.3) is 0 Å². The molecule has 1 N–H and O–H groups in total. The van der Waals surface area contributed by atoms with E-state index in [9.17, 15) is 14.3 Å². The molecule has 1 unspecified atom stereocenters. The Morgan fingerprint density at radius 1 is 1.15 bits per heavy atom. The molecule has 0 saturated carbocycles. The Morgan fingerprint density at radius 2 is 1.94 bits per heavy atom. The summed E-state index contributed by atoms with van der Waals surface area (Å²) in [6.45, 7) is 0.794. The second kappa shape index (κ2) is 9.90. The highest BCUT2D eigenvalue weighted by molar-refractivity contribution is 5.87. The first-order valence-corrected chi connectivity index (χ1v) is 11.2. The first-order chi connectivity index (χ1) is 15.9.